The van der Waals surface area contributed by atoms with Crippen LogP contribution in [-0.2, 0) is 11.3 Å². The SMILES string of the molecule is CC(C)NCc1nn2c(C3CCOC3)nnc2s1. The Morgan fingerprint density at radius 3 is 3.11 bits per heavy atom. The summed E-state index contributed by atoms with van der Waals surface area (Å²) in [6, 6.07) is 0.460. The van der Waals surface area contributed by atoms with E-state index in [2.05, 4.69) is 34.5 Å². The number of ether oxygens (including phenoxy) is 1. The number of nitrogens with one attached hydrogen (secondary N) is 1. The Morgan fingerprint density at radius 2 is 2.39 bits per heavy atom. The quantitative estimate of drug-likeness (QED) is 0.901. The second-order valence-corrected chi connectivity index (χ2v) is 5.89. The normalized spacial score (nSPS) is 20.3. The largest absolute Gasteiger partial charge is 0.381 e. The van der Waals surface area contributed by atoms with E-state index in [-0.39, 0.29) is 0 Å². The molecule has 0 spiro atoms. The number of rotatable bonds is 4. The molecule has 3 heterocycles. The van der Waals surface area contributed by atoms with Gasteiger partial charge in [-0.05, 0) is 6.42 Å². The van der Waals surface area contributed by atoms with Crippen LogP contribution in [0.25, 0.3) is 4.96 Å². The summed E-state index contributed by atoms with van der Waals surface area (Å²) in [6.45, 7) is 6.58. The van der Waals surface area contributed by atoms with Crippen molar-refractivity contribution in [3.05, 3.63) is 10.8 Å². The average Bonchev–Trinajstić information content (AvgIpc) is 3.01. The van der Waals surface area contributed by atoms with Gasteiger partial charge in [-0.15, -0.1) is 10.2 Å². The molecule has 1 N–H and O–H groups in total. The second kappa shape index (κ2) is 4.91. The lowest BCUT2D eigenvalue weighted by Gasteiger charge is -2.04. The van der Waals surface area contributed by atoms with Gasteiger partial charge in [0.15, 0.2) is 5.82 Å². The molecule has 0 radical (unpaired) electrons. The first-order chi connectivity index (χ1) is 8.74. The van der Waals surface area contributed by atoms with Crippen molar-refractivity contribution in [1.82, 2.24) is 25.1 Å². The Kier molecular flexibility index (Phi) is 3.27. The van der Waals surface area contributed by atoms with Crippen LogP contribution >= 0.6 is 11.3 Å². The molecule has 0 aliphatic carbocycles. The molecule has 0 bridgehead atoms. The van der Waals surface area contributed by atoms with Gasteiger partial charge in [-0.1, -0.05) is 25.2 Å². The van der Waals surface area contributed by atoms with Gasteiger partial charge < -0.3 is 10.1 Å². The molecule has 1 unspecified atom stereocenters. The van der Waals surface area contributed by atoms with Crippen molar-refractivity contribution in [2.75, 3.05) is 13.2 Å². The van der Waals surface area contributed by atoms with E-state index in [1.165, 1.54) is 0 Å². The third-order valence-electron chi connectivity index (χ3n) is 3.01. The summed E-state index contributed by atoms with van der Waals surface area (Å²) in [7, 11) is 0. The number of aromatic nitrogens is 4. The summed E-state index contributed by atoms with van der Waals surface area (Å²) in [5.74, 6) is 1.28. The molecule has 0 aromatic carbocycles. The van der Waals surface area contributed by atoms with E-state index in [4.69, 9.17) is 4.74 Å². The van der Waals surface area contributed by atoms with E-state index in [0.717, 1.165) is 42.0 Å². The van der Waals surface area contributed by atoms with Gasteiger partial charge in [0, 0.05) is 25.1 Å². The molecule has 0 amide bonds. The Bertz CT molecular complexity index is 529. The van der Waals surface area contributed by atoms with E-state index in [1.54, 1.807) is 11.3 Å². The van der Waals surface area contributed by atoms with Crippen molar-refractivity contribution in [3.63, 3.8) is 0 Å². The Hall–Kier alpha value is -1.05. The van der Waals surface area contributed by atoms with Crippen molar-refractivity contribution in [2.24, 2.45) is 0 Å². The minimum Gasteiger partial charge on any atom is -0.381 e. The first-order valence-electron chi connectivity index (χ1n) is 6.26. The molecule has 18 heavy (non-hydrogen) atoms. The lowest BCUT2D eigenvalue weighted by molar-refractivity contribution is 0.193. The Morgan fingerprint density at radius 1 is 1.50 bits per heavy atom. The van der Waals surface area contributed by atoms with E-state index < -0.39 is 0 Å². The summed E-state index contributed by atoms with van der Waals surface area (Å²) in [5.41, 5.74) is 0. The van der Waals surface area contributed by atoms with E-state index in [0.29, 0.717) is 12.0 Å². The zero-order valence-corrected chi connectivity index (χ0v) is 11.4. The number of nitrogens with zero attached hydrogens (tertiary/aromatic N) is 4. The number of fused-ring (bicyclic) bond motifs is 1. The van der Waals surface area contributed by atoms with Crippen LogP contribution in [0.4, 0.5) is 0 Å². The fourth-order valence-electron chi connectivity index (χ4n) is 2.03. The van der Waals surface area contributed by atoms with E-state index in [1.807, 2.05) is 4.52 Å². The number of hydrogen-bond acceptors (Lipinski definition) is 6. The fraction of sp³-hybridized carbons (Fsp3) is 0.727. The second-order valence-electron chi connectivity index (χ2n) is 4.84. The maximum Gasteiger partial charge on any atom is 0.234 e. The van der Waals surface area contributed by atoms with Crippen LogP contribution in [0.3, 0.4) is 0 Å². The molecule has 1 aliphatic heterocycles. The summed E-state index contributed by atoms with van der Waals surface area (Å²) in [6.07, 6.45) is 1.01. The van der Waals surface area contributed by atoms with Crippen LogP contribution in [0.1, 0.15) is 37.0 Å². The third kappa shape index (κ3) is 2.25. The highest BCUT2D eigenvalue weighted by Crippen LogP contribution is 2.25. The fourth-order valence-corrected chi connectivity index (χ4v) is 2.82. The van der Waals surface area contributed by atoms with Crippen LogP contribution in [0.5, 0.6) is 0 Å². The van der Waals surface area contributed by atoms with Crippen molar-refractivity contribution in [1.29, 1.82) is 0 Å². The zero-order valence-electron chi connectivity index (χ0n) is 10.6. The lowest BCUT2D eigenvalue weighted by Crippen LogP contribution is -2.21. The highest BCUT2D eigenvalue weighted by molar-refractivity contribution is 7.16. The minimum absolute atomic E-state index is 0.341. The minimum atomic E-state index is 0.341. The van der Waals surface area contributed by atoms with Crippen LogP contribution < -0.4 is 5.32 Å². The van der Waals surface area contributed by atoms with Crippen LogP contribution in [0.2, 0.25) is 0 Å². The maximum atomic E-state index is 5.40. The molecular formula is C11H17N5OS. The molecule has 1 saturated heterocycles. The third-order valence-corrected chi connectivity index (χ3v) is 3.91. The maximum absolute atomic E-state index is 5.40. The molecule has 6 nitrogen and oxygen atoms in total. The van der Waals surface area contributed by atoms with Gasteiger partial charge in [0.1, 0.15) is 5.01 Å². The molecule has 1 aliphatic rings. The van der Waals surface area contributed by atoms with Crippen molar-refractivity contribution >= 4 is 16.3 Å². The first kappa shape index (κ1) is 12.0. The first-order valence-corrected chi connectivity index (χ1v) is 7.08. The Labute approximate surface area is 109 Å². The molecule has 2 aromatic heterocycles. The Balaban J connectivity index is 1.83. The summed E-state index contributed by atoms with van der Waals surface area (Å²) in [5, 5.41) is 17.4. The highest BCUT2D eigenvalue weighted by atomic mass is 32.1. The molecule has 98 valence electrons. The summed E-state index contributed by atoms with van der Waals surface area (Å²) in [4.78, 5) is 0.873. The van der Waals surface area contributed by atoms with Crippen LogP contribution in [0.15, 0.2) is 0 Å². The molecule has 3 rings (SSSR count). The van der Waals surface area contributed by atoms with Crippen molar-refractivity contribution in [3.8, 4) is 0 Å². The van der Waals surface area contributed by atoms with Gasteiger partial charge in [-0.2, -0.15) is 9.61 Å². The van der Waals surface area contributed by atoms with Gasteiger partial charge in [0.25, 0.3) is 0 Å². The van der Waals surface area contributed by atoms with Crippen molar-refractivity contribution < 1.29 is 4.74 Å². The zero-order chi connectivity index (χ0) is 12.5. The molecule has 1 atom stereocenters. The highest BCUT2D eigenvalue weighted by Gasteiger charge is 2.24. The number of hydrogen-bond donors (Lipinski definition) is 1. The standard InChI is InChI=1S/C11H17N5OS/c1-7(2)12-5-9-15-16-10(8-3-4-17-6-8)13-14-11(16)18-9/h7-8,12H,3-6H2,1-2H3. The van der Waals surface area contributed by atoms with Gasteiger partial charge in [-0.3, -0.25) is 0 Å². The molecule has 1 fully saturated rings. The van der Waals surface area contributed by atoms with Gasteiger partial charge in [-0.25, -0.2) is 0 Å². The summed E-state index contributed by atoms with van der Waals surface area (Å²) < 4.78 is 7.27. The van der Waals surface area contributed by atoms with Crippen LogP contribution in [0, 0.1) is 0 Å². The molecule has 7 heteroatoms. The van der Waals surface area contributed by atoms with Crippen molar-refractivity contribution in [2.45, 2.75) is 38.8 Å². The smallest absolute Gasteiger partial charge is 0.234 e. The van der Waals surface area contributed by atoms with Gasteiger partial charge in [0.05, 0.1) is 6.61 Å². The molecule has 2 aromatic rings. The lowest BCUT2D eigenvalue weighted by atomic mass is 10.1. The average molecular weight is 267 g/mol. The summed E-state index contributed by atoms with van der Waals surface area (Å²) >= 11 is 1.59. The van der Waals surface area contributed by atoms with Gasteiger partial charge in [0.2, 0.25) is 4.96 Å². The monoisotopic (exact) mass is 267 g/mol. The van der Waals surface area contributed by atoms with Crippen LogP contribution in [-0.4, -0.2) is 39.1 Å². The van der Waals surface area contributed by atoms with E-state index in [9.17, 15) is 0 Å². The predicted octanol–water partition coefficient (Wildman–Crippen LogP) is 1.19. The predicted molar refractivity (Wildman–Crippen MR) is 68.8 cm³/mol. The van der Waals surface area contributed by atoms with E-state index >= 15 is 0 Å². The van der Waals surface area contributed by atoms with Gasteiger partial charge >= 0.3 is 0 Å². The topological polar surface area (TPSA) is 64.3 Å². The molecule has 0 saturated carbocycles. The molecular weight excluding hydrogens is 250 g/mol.